The topological polar surface area (TPSA) is 78.4 Å². The van der Waals surface area contributed by atoms with Gasteiger partial charge < -0.3 is 15.7 Å². The van der Waals surface area contributed by atoms with Gasteiger partial charge in [-0.05, 0) is 41.1 Å². The third-order valence-electron chi connectivity index (χ3n) is 2.05. The lowest BCUT2D eigenvalue weighted by Crippen LogP contribution is -2.35. The van der Waals surface area contributed by atoms with Crippen molar-refractivity contribution in [1.82, 2.24) is 5.32 Å². The Morgan fingerprint density at radius 2 is 2.17 bits per heavy atom. The molecule has 0 heterocycles. The monoisotopic (exact) mass is 310 g/mol. The third-order valence-corrected chi connectivity index (χ3v) is 2.74. The lowest BCUT2D eigenvalue weighted by atomic mass is 10.2. The van der Waals surface area contributed by atoms with Crippen LogP contribution in [0.3, 0.4) is 0 Å². The first-order chi connectivity index (χ1) is 8.43. The Kier molecular flexibility index (Phi) is 4.75. The number of hydrogen-bond donors (Lipinski definition) is 3. The third kappa shape index (κ3) is 3.79. The van der Waals surface area contributed by atoms with E-state index in [1.54, 1.807) is 19.1 Å². The molecule has 0 saturated carbocycles. The number of hydrogen-bond acceptors (Lipinski definition) is 2. The number of nitrogens with one attached hydrogen (secondary N) is 2. The summed E-state index contributed by atoms with van der Waals surface area (Å²) < 4.78 is 0.443. The number of rotatable bonds is 3. The maximum atomic E-state index is 11.5. The van der Waals surface area contributed by atoms with Crippen molar-refractivity contribution in [3.05, 3.63) is 28.2 Å². The number of carbonyl (C=O) groups is 2. The molecule has 0 radical (unpaired) electrons. The number of benzene rings is 1. The van der Waals surface area contributed by atoms with Crippen molar-refractivity contribution in [2.75, 3.05) is 5.32 Å². The normalized spacial score (nSPS) is 11.2. The van der Waals surface area contributed by atoms with Crippen LogP contribution in [0.4, 0.5) is 10.5 Å². The largest absolute Gasteiger partial charge is 0.478 e. The molecule has 1 rings (SSSR count). The van der Waals surface area contributed by atoms with Crippen LogP contribution in [0.5, 0.6) is 0 Å². The van der Waals surface area contributed by atoms with E-state index in [0.29, 0.717) is 10.2 Å². The minimum atomic E-state index is -1.08. The molecular formula is C12H11BrN2O3. The van der Waals surface area contributed by atoms with Gasteiger partial charge in [-0.2, -0.15) is 0 Å². The summed E-state index contributed by atoms with van der Waals surface area (Å²) in [6, 6.07) is 3.59. The standard InChI is InChI=1S/C12H11BrN2O3/c1-3-7(2)14-12(18)15-8-4-5-10(13)9(6-8)11(16)17/h1,4-7H,2H3,(H,16,17)(H2,14,15,18). The van der Waals surface area contributed by atoms with Crippen LogP contribution in [0.15, 0.2) is 22.7 Å². The first-order valence-electron chi connectivity index (χ1n) is 5.00. The summed E-state index contributed by atoms with van der Waals surface area (Å²) in [4.78, 5) is 22.4. The second kappa shape index (κ2) is 6.07. The van der Waals surface area contributed by atoms with Crippen LogP contribution in [0, 0.1) is 12.3 Å². The smallest absolute Gasteiger partial charge is 0.336 e. The van der Waals surface area contributed by atoms with Crippen LogP contribution >= 0.6 is 15.9 Å². The van der Waals surface area contributed by atoms with Gasteiger partial charge in [-0.15, -0.1) is 6.42 Å². The van der Waals surface area contributed by atoms with Gasteiger partial charge in [0.15, 0.2) is 0 Å². The predicted octanol–water partition coefficient (Wildman–Crippen LogP) is 2.29. The SMILES string of the molecule is C#CC(C)NC(=O)Nc1ccc(Br)c(C(=O)O)c1. The lowest BCUT2D eigenvalue weighted by molar-refractivity contribution is 0.0696. The van der Waals surface area contributed by atoms with Crippen LogP contribution in [0.2, 0.25) is 0 Å². The Bertz CT molecular complexity index is 523. The molecule has 0 aliphatic heterocycles. The second-order valence-corrected chi connectivity index (χ2v) is 4.34. The van der Waals surface area contributed by atoms with Crippen LogP contribution in [-0.2, 0) is 0 Å². The van der Waals surface area contributed by atoms with E-state index < -0.39 is 18.0 Å². The Morgan fingerprint density at radius 1 is 1.50 bits per heavy atom. The Morgan fingerprint density at radius 3 is 2.72 bits per heavy atom. The van der Waals surface area contributed by atoms with E-state index >= 15 is 0 Å². The van der Waals surface area contributed by atoms with Gasteiger partial charge in [0.25, 0.3) is 0 Å². The minimum absolute atomic E-state index is 0.0674. The quantitative estimate of drug-likeness (QED) is 0.749. The summed E-state index contributed by atoms with van der Waals surface area (Å²) in [5, 5.41) is 13.9. The highest BCUT2D eigenvalue weighted by molar-refractivity contribution is 9.10. The zero-order valence-corrected chi connectivity index (χ0v) is 11.1. The van der Waals surface area contributed by atoms with E-state index in [-0.39, 0.29) is 5.56 Å². The summed E-state index contributed by atoms with van der Waals surface area (Å²) in [5.74, 6) is 1.27. The zero-order chi connectivity index (χ0) is 13.7. The van der Waals surface area contributed by atoms with Gasteiger partial charge in [-0.1, -0.05) is 5.92 Å². The Hall–Kier alpha value is -2.00. The molecule has 0 aliphatic carbocycles. The van der Waals surface area contributed by atoms with Crippen molar-refractivity contribution in [2.45, 2.75) is 13.0 Å². The van der Waals surface area contributed by atoms with Crippen LogP contribution in [-0.4, -0.2) is 23.1 Å². The van der Waals surface area contributed by atoms with Gasteiger partial charge >= 0.3 is 12.0 Å². The summed E-state index contributed by atoms with van der Waals surface area (Å²) in [5.41, 5.74) is 0.440. The van der Waals surface area contributed by atoms with E-state index in [1.807, 2.05) is 0 Å². The molecular weight excluding hydrogens is 300 g/mol. The number of carboxylic acids is 1. The molecule has 0 fully saturated rings. The maximum absolute atomic E-state index is 11.5. The summed E-state index contributed by atoms with van der Waals surface area (Å²) in [6.45, 7) is 1.66. The van der Waals surface area contributed by atoms with Crippen molar-refractivity contribution < 1.29 is 14.7 Å². The van der Waals surface area contributed by atoms with Crippen LogP contribution in [0.25, 0.3) is 0 Å². The lowest BCUT2D eigenvalue weighted by Gasteiger charge is -2.10. The first-order valence-corrected chi connectivity index (χ1v) is 5.80. The van der Waals surface area contributed by atoms with Gasteiger partial charge in [0.1, 0.15) is 0 Å². The molecule has 6 heteroatoms. The fraction of sp³-hybridized carbons (Fsp3) is 0.167. The molecule has 1 aromatic carbocycles. The number of carboxylic acid groups (broad SMARTS) is 1. The van der Waals surface area contributed by atoms with Gasteiger partial charge in [0.2, 0.25) is 0 Å². The average molecular weight is 311 g/mol. The van der Waals surface area contributed by atoms with E-state index in [0.717, 1.165) is 0 Å². The summed E-state index contributed by atoms with van der Waals surface area (Å²) in [6.07, 6.45) is 5.12. The molecule has 1 unspecified atom stereocenters. The van der Waals surface area contributed by atoms with Gasteiger partial charge in [0, 0.05) is 10.2 Å². The molecule has 3 N–H and O–H groups in total. The average Bonchev–Trinajstić information content (AvgIpc) is 2.31. The second-order valence-electron chi connectivity index (χ2n) is 3.49. The number of carbonyl (C=O) groups excluding carboxylic acids is 1. The molecule has 0 saturated heterocycles. The highest BCUT2D eigenvalue weighted by Gasteiger charge is 2.11. The summed E-state index contributed by atoms with van der Waals surface area (Å²) >= 11 is 3.11. The highest BCUT2D eigenvalue weighted by Crippen LogP contribution is 2.21. The fourth-order valence-electron chi connectivity index (χ4n) is 1.17. The molecule has 2 amide bonds. The predicted molar refractivity (Wildman–Crippen MR) is 71.6 cm³/mol. The number of urea groups is 1. The molecule has 1 aromatic rings. The highest BCUT2D eigenvalue weighted by atomic mass is 79.9. The van der Waals surface area contributed by atoms with E-state index in [2.05, 4.69) is 32.5 Å². The van der Waals surface area contributed by atoms with E-state index in [4.69, 9.17) is 11.5 Å². The molecule has 0 spiro atoms. The molecule has 94 valence electrons. The van der Waals surface area contributed by atoms with Crippen LogP contribution in [0.1, 0.15) is 17.3 Å². The Labute approximate surface area is 113 Å². The van der Waals surface area contributed by atoms with Crippen LogP contribution < -0.4 is 10.6 Å². The van der Waals surface area contributed by atoms with Gasteiger partial charge in [-0.3, -0.25) is 0 Å². The van der Waals surface area contributed by atoms with Crippen molar-refractivity contribution in [1.29, 1.82) is 0 Å². The maximum Gasteiger partial charge on any atom is 0.336 e. The number of halogens is 1. The minimum Gasteiger partial charge on any atom is -0.478 e. The number of aromatic carboxylic acids is 1. The summed E-state index contributed by atoms with van der Waals surface area (Å²) in [7, 11) is 0. The molecule has 1 atom stereocenters. The number of amides is 2. The number of anilines is 1. The van der Waals surface area contributed by atoms with E-state index in [1.165, 1.54) is 6.07 Å². The van der Waals surface area contributed by atoms with Crippen molar-refractivity contribution in [2.24, 2.45) is 0 Å². The molecule has 0 bridgehead atoms. The molecule has 5 nitrogen and oxygen atoms in total. The fourth-order valence-corrected chi connectivity index (χ4v) is 1.59. The van der Waals surface area contributed by atoms with Gasteiger partial charge in [0.05, 0.1) is 11.6 Å². The molecule has 0 aliphatic rings. The zero-order valence-electron chi connectivity index (χ0n) is 9.53. The van der Waals surface area contributed by atoms with E-state index in [9.17, 15) is 9.59 Å². The van der Waals surface area contributed by atoms with Crippen molar-refractivity contribution in [3.63, 3.8) is 0 Å². The number of terminal acetylenes is 1. The molecule has 0 aromatic heterocycles. The van der Waals surface area contributed by atoms with Crippen molar-refractivity contribution >= 4 is 33.6 Å². The van der Waals surface area contributed by atoms with Crippen molar-refractivity contribution in [3.8, 4) is 12.3 Å². The molecule has 18 heavy (non-hydrogen) atoms. The van der Waals surface area contributed by atoms with Gasteiger partial charge in [-0.25, -0.2) is 9.59 Å². The Balaban J connectivity index is 2.80. The first kappa shape index (κ1) is 14.1.